The van der Waals surface area contributed by atoms with Gasteiger partial charge in [0.05, 0.1) is 0 Å². The molecule has 1 N–H and O–H groups in total. The second-order valence-electron chi connectivity index (χ2n) is 3.17. The summed E-state index contributed by atoms with van der Waals surface area (Å²) in [6, 6.07) is 3.43. The normalized spacial score (nSPS) is 11.8. The highest BCUT2D eigenvalue weighted by Crippen LogP contribution is 2.29. The molecule has 7 heteroatoms. The number of hydrogen-bond donors (Lipinski definition) is 1. The van der Waals surface area contributed by atoms with Crippen LogP contribution in [0.2, 0.25) is 0 Å². The molecule has 0 unspecified atom stereocenters. The summed E-state index contributed by atoms with van der Waals surface area (Å²) >= 11 is -0.173. The van der Waals surface area contributed by atoms with Crippen LogP contribution in [0.3, 0.4) is 0 Å². The van der Waals surface area contributed by atoms with Gasteiger partial charge in [-0.1, -0.05) is 6.07 Å². The molecule has 17 heavy (non-hydrogen) atoms. The maximum Gasteiger partial charge on any atom is 0.441 e. The van der Waals surface area contributed by atoms with Crippen molar-refractivity contribution >= 4 is 11.8 Å². The monoisotopic (exact) mass is 271 g/mol. The highest BCUT2D eigenvalue weighted by molar-refractivity contribution is 8.00. The van der Waals surface area contributed by atoms with Crippen LogP contribution in [0.15, 0.2) is 18.2 Å². The summed E-state index contributed by atoms with van der Waals surface area (Å²) < 4.78 is 61.4. The fourth-order valence-corrected chi connectivity index (χ4v) is 1.63. The van der Waals surface area contributed by atoms with Gasteiger partial charge in [0, 0.05) is 24.4 Å². The third-order valence-corrected chi connectivity index (χ3v) is 2.64. The van der Waals surface area contributed by atoms with Gasteiger partial charge in [-0.2, -0.15) is 13.2 Å². The second kappa shape index (κ2) is 6.20. The van der Waals surface area contributed by atoms with E-state index in [-0.39, 0.29) is 36.2 Å². The molecule has 0 atom stereocenters. The number of rotatable bonds is 5. The lowest BCUT2D eigenvalue weighted by Gasteiger charge is -2.08. The lowest BCUT2D eigenvalue weighted by atomic mass is 10.2. The van der Waals surface area contributed by atoms with Crippen molar-refractivity contribution in [3.05, 3.63) is 35.4 Å². The van der Waals surface area contributed by atoms with Crippen molar-refractivity contribution in [1.82, 2.24) is 5.32 Å². The highest BCUT2D eigenvalue weighted by Gasteiger charge is 2.27. The summed E-state index contributed by atoms with van der Waals surface area (Å²) in [4.78, 5) is 0. The van der Waals surface area contributed by atoms with Crippen molar-refractivity contribution in [1.29, 1.82) is 0 Å². The number of halogens is 5. The molecule has 0 aliphatic rings. The predicted octanol–water partition coefficient (Wildman–Crippen LogP) is 3.31. The molecule has 0 saturated carbocycles. The number of alkyl halides is 3. The zero-order chi connectivity index (χ0) is 12.9. The summed E-state index contributed by atoms with van der Waals surface area (Å²) in [5.41, 5.74) is -4.44. The van der Waals surface area contributed by atoms with Crippen LogP contribution in [0.4, 0.5) is 22.0 Å². The van der Waals surface area contributed by atoms with Gasteiger partial charge >= 0.3 is 5.51 Å². The van der Waals surface area contributed by atoms with Gasteiger partial charge in [0.15, 0.2) is 0 Å². The first kappa shape index (κ1) is 14.2. The number of thioether (sulfide) groups is 1. The molecule has 0 aliphatic heterocycles. The first-order chi connectivity index (χ1) is 7.90. The van der Waals surface area contributed by atoms with E-state index in [1.807, 2.05) is 0 Å². The lowest BCUT2D eigenvalue weighted by Crippen LogP contribution is -2.19. The molecule has 1 aromatic carbocycles. The van der Waals surface area contributed by atoms with E-state index < -0.39 is 17.1 Å². The molecule has 1 aromatic rings. The molecule has 0 aromatic heterocycles. The van der Waals surface area contributed by atoms with Crippen LogP contribution in [-0.2, 0) is 6.54 Å². The standard InChI is InChI=1S/C10H10F5NS/c11-8-2-1-3-9(12)7(8)6-16-4-5-17-10(13,14)15/h1-3,16H,4-6H2. The molecule has 0 bridgehead atoms. The van der Waals surface area contributed by atoms with Gasteiger partial charge in [-0.15, -0.1) is 0 Å². The van der Waals surface area contributed by atoms with Gasteiger partial charge in [-0.25, -0.2) is 8.78 Å². The minimum Gasteiger partial charge on any atom is -0.312 e. The van der Waals surface area contributed by atoms with Crippen LogP contribution < -0.4 is 5.32 Å². The van der Waals surface area contributed by atoms with Crippen LogP contribution in [0.1, 0.15) is 5.56 Å². The molecule has 0 spiro atoms. The summed E-state index contributed by atoms with van der Waals surface area (Å²) in [5, 5.41) is 2.56. The first-order valence-electron chi connectivity index (χ1n) is 4.74. The largest absolute Gasteiger partial charge is 0.441 e. The van der Waals surface area contributed by atoms with E-state index in [4.69, 9.17) is 0 Å². The van der Waals surface area contributed by atoms with Gasteiger partial charge in [0.1, 0.15) is 11.6 Å². The van der Waals surface area contributed by atoms with Crippen molar-refractivity contribution in [2.75, 3.05) is 12.3 Å². The van der Waals surface area contributed by atoms with Crippen LogP contribution in [-0.4, -0.2) is 17.8 Å². The zero-order valence-corrected chi connectivity index (χ0v) is 9.47. The van der Waals surface area contributed by atoms with E-state index in [0.29, 0.717) is 0 Å². The third kappa shape index (κ3) is 5.36. The van der Waals surface area contributed by atoms with Crippen molar-refractivity contribution in [3.63, 3.8) is 0 Å². The minimum atomic E-state index is -4.27. The summed E-state index contributed by atoms with van der Waals surface area (Å²) in [5.74, 6) is -1.61. The van der Waals surface area contributed by atoms with Crippen molar-refractivity contribution in [2.24, 2.45) is 0 Å². The Bertz CT molecular complexity index is 346. The van der Waals surface area contributed by atoms with Gasteiger partial charge in [0.2, 0.25) is 0 Å². The van der Waals surface area contributed by atoms with E-state index in [0.717, 1.165) is 12.1 Å². The van der Waals surface area contributed by atoms with Crippen molar-refractivity contribution in [2.45, 2.75) is 12.1 Å². The molecule has 1 rings (SSSR count). The summed E-state index contributed by atoms with van der Waals surface area (Å²) in [6.45, 7) is -0.102. The molecule has 96 valence electrons. The quantitative estimate of drug-likeness (QED) is 0.651. The Morgan fingerprint density at radius 3 is 2.24 bits per heavy atom. The van der Waals surface area contributed by atoms with Crippen molar-refractivity contribution < 1.29 is 22.0 Å². The SMILES string of the molecule is Fc1cccc(F)c1CNCCSC(F)(F)F. The fraction of sp³-hybridized carbons (Fsp3) is 0.400. The predicted molar refractivity (Wildman–Crippen MR) is 56.6 cm³/mol. The molecular formula is C10H10F5NS. The van der Waals surface area contributed by atoms with E-state index >= 15 is 0 Å². The Hall–Kier alpha value is -0.820. The van der Waals surface area contributed by atoms with E-state index in [2.05, 4.69) is 5.32 Å². The molecule has 0 saturated heterocycles. The molecule has 0 aliphatic carbocycles. The van der Waals surface area contributed by atoms with E-state index in [1.54, 1.807) is 0 Å². The minimum absolute atomic E-state index is 0.0257. The summed E-state index contributed by atoms with van der Waals surface area (Å²) in [7, 11) is 0. The van der Waals surface area contributed by atoms with Crippen LogP contribution >= 0.6 is 11.8 Å². The van der Waals surface area contributed by atoms with Gasteiger partial charge in [-0.05, 0) is 23.9 Å². The maximum absolute atomic E-state index is 13.1. The average molecular weight is 271 g/mol. The Morgan fingerprint density at radius 1 is 1.12 bits per heavy atom. The zero-order valence-electron chi connectivity index (χ0n) is 8.65. The first-order valence-corrected chi connectivity index (χ1v) is 5.73. The van der Waals surface area contributed by atoms with E-state index in [1.165, 1.54) is 6.07 Å². The van der Waals surface area contributed by atoms with Gasteiger partial charge < -0.3 is 5.32 Å². The van der Waals surface area contributed by atoms with Crippen LogP contribution in [0, 0.1) is 11.6 Å². The van der Waals surface area contributed by atoms with Crippen molar-refractivity contribution in [3.8, 4) is 0 Å². The third-order valence-electron chi connectivity index (χ3n) is 1.91. The average Bonchev–Trinajstić information content (AvgIpc) is 2.20. The number of hydrogen-bond acceptors (Lipinski definition) is 2. The Balaban J connectivity index is 2.32. The topological polar surface area (TPSA) is 12.0 Å². The second-order valence-corrected chi connectivity index (χ2v) is 4.33. The number of nitrogens with one attached hydrogen (secondary N) is 1. The molecular weight excluding hydrogens is 261 g/mol. The van der Waals surface area contributed by atoms with Gasteiger partial charge in [0.25, 0.3) is 0 Å². The van der Waals surface area contributed by atoms with Crippen LogP contribution in [0.25, 0.3) is 0 Å². The molecule has 0 amide bonds. The Morgan fingerprint density at radius 2 is 1.71 bits per heavy atom. The maximum atomic E-state index is 13.1. The molecule has 0 heterocycles. The fourth-order valence-electron chi connectivity index (χ4n) is 1.15. The van der Waals surface area contributed by atoms with Crippen LogP contribution in [0.5, 0.6) is 0 Å². The molecule has 0 fully saturated rings. The molecule has 0 radical (unpaired) electrons. The Kier molecular flexibility index (Phi) is 5.20. The molecule has 1 nitrogen and oxygen atoms in total. The summed E-state index contributed by atoms with van der Waals surface area (Å²) in [6.07, 6.45) is 0. The van der Waals surface area contributed by atoms with Gasteiger partial charge in [-0.3, -0.25) is 0 Å². The highest BCUT2D eigenvalue weighted by atomic mass is 32.2. The van der Waals surface area contributed by atoms with E-state index in [9.17, 15) is 22.0 Å². The Labute approximate surface area is 99.4 Å². The number of benzene rings is 1. The smallest absolute Gasteiger partial charge is 0.312 e. The lowest BCUT2D eigenvalue weighted by molar-refractivity contribution is -0.0327.